The summed E-state index contributed by atoms with van der Waals surface area (Å²) in [6, 6.07) is 10.0. The van der Waals surface area contributed by atoms with Crippen LogP contribution in [0.15, 0.2) is 35.7 Å². The van der Waals surface area contributed by atoms with E-state index in [4.69, 9.17) is 9.84 Å². The highest BCUT2D eigenvalue weighted by atomic mass is 32.1. The average molecular weight is 301 g/mol. The van der Waals surface area contributed by atoms with E-state index in [1.165, 1.54) is 4.88 Å². The Morgan fingerprint density at radius 2 is 2.14 bits per heavy atom. The number of aliphatic hydroxyl groups is 1. The molecule has 0 saturated carbocycles. The molecule has 0 amide bonds. The van der Waals surface area contributed by atoms with Crippen molar-refractivity contribution in [1.82, 2.24) is 4.90 Å². The minimum absolute atomic E-state index is 0.128. The number of hydrogen-bond acceptors (Lipinski definition) is 4. The van der Waals surface area contributed by atoms with Crippen LogP contribution in [0, 0.1) is 11.8 Å². The smallest absolute Gasteiger partial charge is 0.119 e. The van der Waals surface area contributed by atoms with Gasteiger partial charge in [-0.2, -0.15) is 0 Å². The van der Waals surface area contributed by atoms with Gasteiger partial charge in [-0.15, -0.1) is 11.3 Å². The Balaban J connectivity index is 2.15. The molecule has 2 aromatic rings. The normalized spacial score (nSPS) is 10.3. The molecular weight excluding hydrogens is 282 g/mol. The molecule has 1 aromatic heterocycles. The molecule has 0 aliphatic rings. The molecule has 0 bridgehead atoms. The van der Waals surface area contributed by atoms with Gasteiger partial charge < -0.3 is 9.84 Å². The second-order valence-electron chi connectivity index (χ2n) is 4.73. The minimum Gasteiger partial charge on any atom is -0.497 e. The molecule has 1 heterocycles. The lowest BCUT2D eigenvalue weighted by molar-refractivity contribution is 0.320. The van der Waals surface area contributed by atoms with Gasteiger partial charge in [0.05, 0.1) is 7.11 Å². The zero-order valence-electron chi connectivity index (χ0n) is 12.3. The van der Waals surface area contributed by atoms with E-state index in [0.717, 1.165) is 30.0 Å². The van der Waals surface area contributed by atoms with Crippen LogP contribution in [0.1, 0.15) is 16.0 Å². The molecule has 0 aliphatic heterocycles. The molecule has 1 aromatic carbocycles. The van der Waals surface area contributed by atoms with E-state index >= 15 is 0 Å². The molecule has 4 heteroatoms. The van der Waals surface area contributed by atoms with Gasteiger partial charge >= 0.3 is 0 Å². The summed E-state index contributed by atoms with van der Waals surface area (Å²) in [5, 5.41) is 11.0. The molecule has 0 aliphatic carbocycles. The summed E-state index contributed by atoms with van der Waals surface area (Å²) in [5.74, 6) is 6.53. The molecule has 0 atom stereocenters. The third kappa shape index (κ3) is 4.61. The first-order chi connectivity index (χ1) is 10.2. The molecule has 1 N–H and O–H groups in total. The van der Waals surface area contributed by atoms with Gasteiger partial charge in [0.15, 0.2) is 0 Å². The van der Waals surface area contributed by atoms with Crippen molar-refractivity contribution in [3.05, 3.63) is 51.7 Å². The fourth-order valence-electron chi connectivity index (χ4n) is 2.10. The number of thiophene rings is 1. The van der Waals surface area contributed by atoms with Crippen molar-refractivity contribution < 1.29 is 9.84 Å². The lowest BCUT2D eigenvalue weighted by Gasteiger charge is -2.17. The van der Waals surface area contributed by atoms with E-state index in [1.54, 1.807) is 18.4 Å². The monoisotopic (exact) mass is 301 g/mol. The van der Waals surface area contributed by atoms with Crippen molar-refractivity contribution in [2.24, 2.45) is 0 Å². The van der Waals surface area contributed by atoms with E-state index in [0.29, 0.717) is 0 Å². The Kier molecular flexibility index (Phi) is 5.82. The summed E-state index contributed by atoms with van der Waals surface area (Å²) in [4.78, 5) is 3.58. The fourth-order valence-corrected chi connectivity index (χ4v) is 2.88. The van der Waals surface area contributed by atoms with Gasteiger partial charge in [0, 0.05) is 23.5 Å². The molecule has 0 radical (unpaired) electrons. The lowest BCUT2D eigenvalue weighted by Crippen LogP contribution is -2.17. The standard InChI is InChI=1S/C17H19NO2S/c1-18(13-17-6-4-10-21-17)12-15-11-16(20-2)8-7-14(15)5-3-9-19/h4,6-8,10-11,19H,9,12-13H2,1-2H3. The van der Waals surface area contributed by atoms with E-state index in [1.807, 2.05) is 18.2 Å². The lowest BCUT2D eigenvalue weighted by atomic mass is 10.1. The van der Waals surface area contributed by atoms with Crippen molar-refractivity contribution >= 4 is 11.3 Å². The Morgan fingerprint density at radius 3 is 2.81 bits per heavy atom. The first-order valence-electron chi connectivity index (χ1n) is 6.70. The maximum Gasteiger partial charge on any atom is 0.119 e. The Hall–Kier alpha value is -1.80. The molecule has 0 saturated heterocycles. The Labute approximate surface area is 129 Å². The average Bonchev–Trinajstić information content (AvgIpc) is 2.98. The topological polar surface area (TPSA) is 32.7 Å². The highest BCUT2D eigenvalue weighted by Crippen LogP contribution is 2.20. The minimum atomic E-state index is -0.128. The van der Waals surface area contributed by atoms with Crippen LogP contribution in [-0.2, 0) is 13.1 Å². The van der Waals surface area contributed by atoms with Gasteiger partial charge in [0.2, 0.25) is 0 Å². The summed E-state index contributed by atoms with van der Waals surface area (Å²) in [6.45, 7) is 1.56. The second-order valence-corrected chi connectivity index (χ2v) is 5.77. The number of benzene rings is 1. The van der Waals surface area contributed by atoms with Crippen LogP contribution in [0.5, 0.6) is 5.75 Å². The van der Waals surface area contributed by atoms with Gasteiger partial charge in [-0.05, 0) is 42.3 Å². The van der Waals surface area contributed by atoms with E-state index in [9.17, 15) is 0 Å². The summed E-state index contributed by atoms with van der Waals surface area (Å²) in [5.41, 5.74) is 2.04. The maximum atomic E-state index is 8.86. The molecule has 110 valence electrons. The highest BCUT2D eigenvalue weighted by molar-refractivity contribution is 7.09. The third-order valence-corrected chi connectivity index (χ3v) is 3.92. The molecule has 0 spiro atoms. The van der Waals surface area contributed by atoms with Gasteiger partial charge in [-0.1, -0.05) is 17.9 Å². The number of methoxy groups -OCH3 is 1. The van der Waals surface area contributed by atoms with Crippen LogP contribution in [0.25, 0.3) is 0 Å². The van der Waals surface area contributed by atoms with Crippen molar-refractivity contribution in [3.8, 4) is 17.6 Å². The molecule has 0 unspecified atom stereocenters. The maximum absolute atomic E-state index is 8.86. The van der Waals surface area contributed by atoms with Crippen LogP contribution in [0.3, 0.4) is 0 Å². The fraction of sp³-hybridized carbons (Fsp3) is 0.294. The van der Waals surface area contributed by atoms with Gasteiger partial charge in [-0.3, -0.25) is 4.90 Å². The highest BCUT2D eigenvalue weighted by Gasteiger charge is 2.07. The largest absolute Gasteiger partial charge is 0.497 e. The third-order valence-electron chi connectivity index (χ3n) is 3.06. The number of aliphatic hydroxyl groups excluding tert-OH is 1. The molecular formula is C17H19NO2S. The van der Waals surface area contributed by atoms with Crippen molar-refractivity contribution in [2.45, 2.75) is 13.1 Å². The van der Waals surface area contributed by atoms with E-state index in [-0.39, 0.29) is 6.61 Å². The Morgan fingerprint density at radius 1 is 1.29 bits per heavy atom. The molecule has 3 nitrogen and oxygen atoms in total. The number of nitrogens with zero attached hydrogens (tertiary/aromatic N) is 1. The van der Waals surface area contributed by atoms with Crippen LogP contribution in [0.2, 0.25) is 0 Å². The second kappa shape index (κ2) is 7.84. The van der Waals surface area contributed by atoms with Crippen LogP contribution in [0.4, 0.5) is 0 Å². The van der Waals surface area contributed by atoms with Crippen molar-refractivity contribution in [3.63, 3.8) is 0 Å². The summed E-state index contributed by atoms with van der Waals surface area (Å²) in [6.07, 6.45) is 0. The Bertz CT molecular complexity index is 626. The van der Waals surface area contributed by atoms with E-state index < -0.39 is 0 Å². The SMILES string of the molecule is COc1ccc(C#CCO)c(CN(C)Cc2cccs2)c1. The molecule has 0 fully saturated rings. The van der Waals surface area contributed by atoms with Crippen molar-refractivity contribution in [2.75, 3.05) is 20.8 Å². The number of hydrogen-bond donors (Lipinski definition) is 1. The number of ether oxygens (including phenoxy) is 1. The molecule has 21 heavy (non-hydrogen) atoms. The summed E-state index contributed by atoms with van der Waals surface area (Å²) in [7, 11) is 3.75. The summed E-state index contributed by atoms with van der Waals surface area (Å²) >= 11 is 1.76. The van der Waals surface area contributed by atoms with Gasteiger partial charge in [0.25, 0.3) is 0 Å². The first-order valence-corrected chi connectivity index (χ1v) is 7.58. The van der Waals surface area contributed by atoms with Gasteiger partial charge in [-0.25, -0.2) is 0 Å². The van der Waals surface area contributed by atoms with Crippen LogP contribution in [-0.4, -0.2) is 30.8 Å². The predicted octanol–water partition coefficient (Wildman–Crippen LogP) is 2.73. The first kappa shape index (κ1) is 15.6. The van der Waals surface area contributed by atoms with Crippen LogP contribution < -0.4 is 4.74 Å². The number of rotatable bonds is 5. The van der Waals surface area contributed by atoms with Crippen molar-refractivity contribution in [1.29, 1.82) is 0 Å². The quantitative estimate of drug-likeness (QED) is 0.862. The predicted molar refractivity (Wildman–Crippen MR) is 86.4 cm³/mol. The summed E-state index contributed by atoms with van der Waals surface area (Å²) < 4.78 is 5.29. The zero-order chi connectivity index (χ0) is 15.1. The van der Waals surface area contributed by atoms with Gasteiger partial charge in [0.1, 0.15) is 12.4 Å². The van der Waals surface area contributed by atoms with Crippen LogP contribution >= 0.6 is 11.3 Å². The molecule has 2 rings (SSSR count). The zero-order valence-corrected chi connectivity index (χ0v) is 13.1. The van der Waals surface area contributed by atoms with E-state index in [2.05, 4.69) is 41.3 Å².